The maximum absolute atomic E-state index is 4.43. The lowest BCUT2D eigenvalue weighted by Gasteiger charge is -2.12. The second-order valence-electron chi connectivity index (χ2n) is 5.88. The first-order valence-corrected chi connectivity index (χ1v) is 9.29. The summed E-state index contributed by atoms with van der Waals surface area (Å²) in [6.45, 7) is 6.28. The summed E-state index contributed by atoms with van der Waals surface area (Å²) >= 11 is 3.57. The summed E-state index contributed by atoms with van der Waals surface area (Å²) in [5.41, 5.74) is 1.18. The molecule has 1 rings (SSSR count). The van der Waals surface area contributed by atoms with E-state index in [9.17, 15) is 0 Å². The lowest BCUT2D eigenvalue weighted by atomic mass is 9.94. The number of aryl methyl sites for hydroxylation is 1. The molecule has 1 unspecified atom stereocenters. The van der Waals surface area contributed by atoms with E-state index in [4.69, 9.17) is 0 Å². The van der Waals surface area contributed by atoms with Crippen molar-refractivity contribution in [2.75, 3.05) is 0 Å². The summed E-state index contributed by atoms with van der Waals surface area (Å²) in [5, 5.41) is 0. The molecule has 0 saturated carbocycles. The van der Waals surface area contributed by atoms with E-state index in [1.165, 1.54) is 63.5 Å². The monoisotopic (exact) mass is 351 g/mol. The molecule has 0 fully saturated rings. The summed E-state index contributed by atoms with van der Waals surface area (Å²) in [6.07, 6.45) is 17.1. The van der Waals surface area contributed by atoms with Crippen molar-refractivity contribution in [1.29, 1.82) is 0 Å². The van der Waals surface area contributed by atoms with Crippen molar-refractivity contribution in [3.05, 3.63) is 41.2 Å². The van der Waals surface area contributed by atoms with Crippen LogP contribution in [-0.4, -0.2) is 4.98 Å². The van der Waals surface area contributed by atoms with E-state index in [1.807, 2.05) is 12.3 Å². The summed E-state index contributed by atoms with van der Waals surface area (Å²) in [6, 6.07) is 4.04. The van der Waals surface area contributed by atoms with Gasteiger partial charge in [0.2, 0.25) is 0 Å². The van der Waals surface area contributed by atoms with Gasteiger partial charge in [0, 0.05) is 10.7 Å². The van der Waals surface area contributed by atoms with E-state index >= 15 is 0 Å². The highest BCUT2D eigenvalue weighted by Crippen LogP contribution is 2.21. The largest absolute Gasteiger partial charge is 0.260 e. The minimum absolute atomic E-state index is 0.679. The second kappa shape index (κ2) is 12.0. The van der Waals surface area contributed by atoms with Gasteiger partial charge in [0.25, 0.3) is 0 Å². The predicted octanol–water partition coefficient (Wildman–Crippen LogP) is 6.72. The second-order valence-corrected chi connectivity index (χ2v) is 6.73. The third kappa shape index (κ3) is 8.40. The Labute approximate surface area is 139 Å². The van der Waals surface area contributed by atoms with Crippen molar-refractivity contribution >= 4 is 15.9 Å². The average molecular weight is 352 g/mol. The van der Waals surface area contributed by atoms with Crippen LogP contribution in [0.15, 0.2) is 35.5 Å². The number of unbranched alkanes of at least 4 members (excludes halogenated alkanes) is 5. The fraction of sp³-hybridized carbons (Fsp3) is 0.632. The van der Waals surface area contributed by atoms with Crippen LogP contribution in [0.3, 0.4) is 0 Å². The topological polar surface area (TPSA) is 12.9 Å². The van der Waals surface area contributed by atoms with Crippen LogP contribution in [0.4, 0.5) is 0 Å². The lowest BCUT2D eigenvalue weighted by molar-refractivity contribution is 0.481. The first kappa shape index (κ1) is 18.4. The Kier molecular flexibility index (Phi) is 10.5. The Balaban J connectivity index is 2.13. The minimum Gasteiger partial charge on any atom is -0.260 e. The number of nitrogens with zero attached hydrogens (tertiary/aromatic N) is 1. The Bertz CT molecular complexity index is 389. The van der Waals surface area contributed by atoms with Crippen molar-refractivity contribution in [1.82, 2.24) is 4.98 Å². The molecule has 0 amide bonds. The molecule has 1 aromatic rings. The van der Waals surface area contributed by atoms with Crippen LogP contribution in [-0.2, 0) is 6.42 Å². The van der Waals surface area contributed by atoms with E-state index in [0.29, 0.717) is 5.92 Å². The zero-order valence-electron chi connectivity index (χ0n) is 13.5. The Morgan fingerprint density at radius 2 is 1.86 bits per heavy atom. The molecule has 1 aromatic heterocycles. The van der Waals surface area contributed by atoms with E-state index in [1.54, 1.807) is 0 Å². The number of aromatic nitrogens is 1. The van der Waals surface area contributed by atoms with Gasteiger partial charge in [-0.05, 0) is 59.7 Å². The molecule has 1 heterocycles. The third-order valence-electron chi connectivity index (χ3n) is 4.08. The maximum atomic E-state index is 4.43. The van der Waals surface area contributed by atoms with Crippen LogP contribution in [0.25, 0.3) is 0 Å². The van der Waals surface area contributed by atoms with Gasteiger partial charge in [0.05, 0.1) is 5.69 Å². The van der Waals surface area contributed by atoms with Crippen LogP contribution in [0.2, 0.25) is 0 Å². The smallest absolute Gasteiger partial charge is 0.0545 e. The quantitative estimate of drug-likeness (QED) is 0.300. The molecule has 0 spiro atoms. The molecule has 1 nitrogen and oxygen atoms in total. The molecule has 0 aliphatic carbocycles. The number of pyridine rings is 1. The van der Waals surface area contributed by atoms with Gasteiger partial charge >= 0.3 is 0 Å². The van der Waals surface area contributed by atoms with E-state index < -0.39 is 0 Å². The number of hydrogen-bond acceptors (Lipinski definition) is 1. The van der Waals surface area contributed by atoms with Gasteiger partial charge in [-0.2, -0.15) is 0 Å². The standard InChI is InChI=1S/C19H30BrN/c1-3-5-6-7-8-9-12-17(4-2)13-10-15-19-18(20)14-11-16-21-19/h4,11,14,16-17H,2-3,5-10,12-13,15H2,1H3. The fourth-order valence-electron chi connectivity index (χ4n) is 2.70. The van der Waals surface area contributed by atoms with Crippen LogP contribution >= 0.6 is 15.9 Å². The zero-order valence-corrected chi connectivity index (χ0v) is 15.1. The third-order valence-corrected chi connectivity index (χ3v) is 4.81. The van der Waals surface area contributed by atoms with Gasteiger partial charge < -0.3 is 0 Å². The van der Waals surface area contributed by atoms with Gasteiger partial charge in [0.1, 0.15) is 0 Å². The molecule has 0 N–H and O–H groups in total. The first-order chi connectivity index (χ1) is 10.3. The molecule has 21 heavy (non-hydrogen) atoms. The maximum Gasteiger partial charge on any atom is 0.0545 e. The van der Waals surface area contributed by atoms with Crippen molar-refractivity contribution in [3.63, 3.8) is 0 Å². The highest BCUT2D eigenvalue weighted by Gasteiger charge is 2.06. The molecule has 0 saturated heterocycles. The van der Waals surface area contributed by atoms with E-state index in [-0.39, 0.29) is 0 Å². The van der Waals surface area contributed by atoms with Crippen molar-refractivity contribution in [2.45, 2.75) is 71.1 Å². The fourth-order valence-corrected chi connectivity index (χ4v) is 3.15. The Hall–Kier alpha value is -0.630. The highest BCUT2D eigenvalue weighted by atomic mass is 79.9. The molecular formula is C19H30BrN. The average Bonchev–Trinajstić information content (AvgIpc) is 2.50. The number of halogens is 1. The van der Waals surface area contributed by atoms with Gasteiger partial charge in [-0.15, -0.1) is 6.58 Å². The number of hydrogen-bond donors (Lipinski definition) is 0. The molecule has 118 valence electrons. The molecule has 0 radical (unpaired) electrons. The van der Waals surface area contributed by atoms with E-state index in [2.05, 4.69) is 46.6 Å². The lowest BCUT2D eigenvalue weighted by Crippen LogP contribution is -1.99. The molecule has 2 heteroatoms. The summed E-state index contributed by atoms with van der Waals surface area (Å²) in [5.74, 6) is 0.679. The molecule has 0 aliphatic heterocycles. The van der Waals surface area contributed by atoms with Crippen LogP contribution in [0, 0.1) is 5.92 Å². The van der Waals surface area contributed by atoms with Gasteiger partial charge in [-0.3, -0.25) is 4.98 Å². The highest BCUT2D eigenvalue weighted by molar-refractivity contribution is 9.10. The van der Waals surface area contributed by atoms with Crippen molar-refractivity contribution in [2.24, 2.45) is 5.92 Å². The molecule has 0 bridgehead atoms. The van der Waals surface area contributed by atoms with Gasteiger partial charge in [-0.25, -0.2) is 0 Å². The van der Waals surface area contributed by atoms with E-state index in [0.717, 1.165) is 10.9 Å². The summed E-state index contributed by atoms with van der Waals surface area (Å²) < 4.78 is 1.14. The SMILES string of the molecule is C=CC(CCCCCCCC)CCCc1ncccc1Br. The Morgan fingerprint density at radius 3 is 2.57 bits per heavy atom. The Morgan fingerprint density at radius 1 is 1.14 bits per heavy atom. The minimum atomic E-state index is 0.679. The van der Waals surface area contributed by atoms with Crippen LogP contribution in [0.1, 0.15) is 70.4 Å². The van der Waals surface area contributed by atoms with Gasteiger partial charge in [0.15, 0.2) is 0 Å². The summed E-state index contributed by atoms with van der Waals surface area (Å²) in [4.78, 5) is 4.43. The molecule has 0 aliphatic rings. The van der Waals surface area contributed by atoms with Gasteiger partial charge in [-0.1, -0.05) is 51.5 Å². The normalized spacial score (nSPS) is 12.3. The number of rotatable bonds is 12. The molecule has 1 atom stereocenters. The number of allylic oxidation sites excluding steroid dienone is 1. The zero-order chi connectivity index (χ0) is 15.3. The summed E-state index contributed by atoms with van der Waals surface area (Å²) in [7, 11) is 0. The molecule has 0 aromatic carbocycles. The van der Waals surface area contributed by atoms with Crippen molar-refractivity contribution in [3.8, 4) is 0 Å². The predicted molar refractivity (Wildman–Crippen MR) is 96.6 cm³/mol. The van der Waals surface area contributed by atoms with Crippen molar-refractivity contribution < 1.29 is 0 Å². The van der Waals surface area contributed by atoms with Crippen LogP contribution < -0.4 is 0 Å². The first-order valence-electron chi connectivity index (χ1n) is 8.49. The van der Waals surface area contributed by atoms with Crippen LogP contribution in [0.5, 0.6) is 0 Å². The molecular weight excluding hydrogens is 322 g/mol.